The predicted molar refractivity (Wildman–Crippen MR) is 89.5 cm³/mol. The second-order valence-electron chi connectivity index (χ2n) is 5.46. The number of thiazole rings is 1. The van der Waals surface area contributed by atoms with Gasteiger partial charge in [0.1, 0.15) is 6.33 Å². The van der Waals surface area contributed by atoms with E-state index in [0.717, 1.165) is 11.3 Å². The monoisotopic (exact) mass is 322 g/mol. The Kier molecular flexibility index (Phi) is 3.59. The standard InChI is InChI=1S/C17H14N4OS/c22-16(21-17-20-14(9-23-17)11-6-7-11)13-8-18-10-19-15(13)12-4-2-1-3-5-12/h1-5,8-11H,6-7H2,(H,20,21,22). The molecule has 23 heavy (non-hydrogen) atoms. The van der Waals surface area contributed by atoms with Crippen molar-refractivity contribution in [3.8, 4) is 11.3 Å². The number of rotatable bonds is 4. The van der Waals surface area contributed by atoms with Crippen LogP contribution in [0.2, 0.25) is 0 Å². The van der Waals surface area contributed by atoms with Crippen LogP contribution in [-0.2, 0) is 0 Å². The molecule has 1 amide bonds. The predicted octanol–water partition coefficient (Wildman–Crippen LogP) is 3.73. The third-order valence-corrected chi connectivity index (χ3v) is 4.52. The molecular formula is C17H14N4OS. The molecule has 5 nitrogen and oxygen atoms in total. The summed E-state index contributed by atoms with van der Waals surface area (Å²) < 4.78 is 0. The zero-order chi connectivity index (χ0) is 15.6. The largest absolute Gasteiger partial charge is 0.298 e. The molecule has 3 aromatic rings. The van der Waals surface area contributed by atoms with Gasteiger partial charge in [0, 0.05) is 23.1 Å². The van der Waals surface area contributed by atoms with Crippen molar-refractivity contribution in [1.82, 2.24) is 15.0 Å². The molecule has 114 valence electrons. The summed E-state index contributed by atoms with van der Waals surface area (Å²) in [7, 11) is 0. The van der Waals surface area contributed by atoms with Crippen molar-refractivity contribution in [2.75, 3.05) is 5.32 Å². The summed E-state index contributed by atoms with van der Waals surface area (Å²) >= 11 is 1.46. The van der Waals surface area contributed by atoms with Crippen molar-refractivity contribution in [1.29, 1.82) is 0 Å². The van der Waals surface area contributed by atoms with E-state index in [1.54, 1.807) is 6.20 Å². The van der Waals surface area contributed by atoms with Gasteiger partial charge in [-0.25, -0.2) is 15.0 Å². The van der Waals surface area contributed by atoms with Crippen LogP contribution in [0.25, 0.3) is 11.3 Å². The van der Waals surface area contributed by atoms with Crippen LogP contribution in [0.3, 0.4) is 0 Å². The maximum absolute atomic E-state index is 12.6. The van der Waals surface area contributed by atoms with Gasteiger partial charge in [0.2, 0.25) is 0 Å². The van der Waals surface area contributed by atoms with Gasteiger partial charge in [-0.3, -0.25) is 10.1 Å². The molecule has 0 atom stereocenters. The molecule has 0 unspecified atom stereocenters. The van der Waals surface area contributed by atoms with Crippen LogP contribution in [0.4, 0.5) is 5.13 Å². The smallest absolute Gasteiger partial charge is 0.261 e. The van der Waals surface area contributed by atoms with Crippen molar-refractivity contribution in [3.63, 3.8) is 0 Å². The van der Waals surface area contributed by atoms with E-state index in [1.807, 2.05) is 35.7 Å². The fourth-order valence-corrected chi connectivity index (χ4v) is 3.18. The topological polar surface area (TPSA) is 67.8 Å². The number of nitrogens with zero attached hydrogens (tertiary/aromatic N) is 3. The van der Waals surface area contributed by atoms with E-state index in [-0.39, 0.29) is 5.91 Å². The second kappa shape index (κ2) is 5.89. The summed E-state index contributed by atoms with van der Waals surface area (Å²) in [6.45, 7) is 0. The van der Waals surface area contributed by atoms with E-state index in [2.05, 4.69) is 20.3 Å². The minimum absolute atomic E-state index is 0.235. The average molecular weight is 322 g/mol. The number of benzene rings is 1. The first-order valence-electron chi connectivity index (χ1n) is 7.43. The van der Waals surface area contributed by atoms with Crippen molar-refractivity contribution in [3.05, 3.63) is 59.5 Å². The van der Waals surface area contributed by atoms with Crippen LogP contribution in [0.5, 0.6) is 0 Å². The van der Waals surface area contributed by atoms with E-state index in [4.69, 9.17) is 0 Å². The Morgan fingerprint density at radius 1 is 1.22 bits per heavy atom. The second-order valence-corrected chi connectivity index (χ2v) is 6.32. The van der Waals surface area contributed by atoms with Crippen molar-refractivity contribution < 1.29 is 4.79 Å². The van der Waals surface area contributed by atoms with Gasteiger partial charge in [-0.2, -0.15) is 0 Å². The highest BCUT2D eigenvalue weighted by Gasteiger charge is 2.26. The Morgan fingerprint density at radius 3 is 2.83 bits per heavy atom. The Balaban J connectivity index is 1.60. The molecule has 0 bridgehead atoms. The van der Waals surface area contributed by atoms with Crippen LogP contribution >= 0.6 is 11.3 Å². The zero-order valence-electron chi connectivity index (χ0n) is 12.3. The summed E-state index contributed by atoms with van der Waals surface area (Å²) in [5.74, 6) is 0.345. The Hall–Kier alpha value is -2.60. The van der Waals surface area contributed by atoms with Crippen LogP contribution < -0.4 is 5.32 Å². The third kappa shape index (κ3) is 2.98. The van der Waals surface area contributed by atoms with Gasteiger partial charge >= 0.3 is 0 Å². The Morgan fingerprint density at radius 2 is 2.04 bits per heavy atom. The van der Waals surface area contributed by atoms with Gasteiger partial charge in [-0.15, -0.1) is 11.3 Å². The number of hydrogen-bond acceptors (Lipinski definition) is 5. The summed E-state index contributed by atoms with van der Waals surface area (Å²) in [6, 6.07) is 9.62. The van der Waals surface area contributed by atoms with E-state index >= 15 is 0 Å². The minimum Gasteiger partial charge on any atom is -0.298 e. The lowest BCUT2D eigenvalue weighted by atomic mass is 10.1. The molecule has 2 heterocycles. The molecule has 1 aliphatic carbocycles. The first kappa shape index (κ1) is 14.0. The molecule has 0 radical (unpaired) electrons. The lowest BCUT2D eigenvalue weighted by Crippen LogP contribution is -2.14. The molecule has 0 spiro atoms. The molecule has 1 N–H and O–H groups in total. The number of amides is 1. The molecule has 1 aromatic carbocycles. The molecule has 6 heteroatoms. The molecule has 1 saturated carbocycles. The number of carbonyl (C=O) groups excluding carboxylic acids is 1. The first-order chi connectivity index (χ1) is 11.3. The average Bonchev–Trinajstić information content (AvgIpc) is 3.35. The van der Waals surface area contributed by atoms with Gasteiger partial charge in [-0.1, -0.05) is 30.3 Å². The van der Waals surface area contributed by atoms with Gasteiger partial charge < -0.3 is 0 Å². The molecule has 2 aromatic heterocycles. The summed E-state index contributed by atoms with van der Waals surface area (Å²) in [5.41, 5.74) is 3.04. The van der Waals surface area contributed by atoms with E-state index in [0.29, 0.717) is 22.3 Å². The van der Waals surface area contributed by atoms with Gasteiger partial charge in [0.25, 0.3) is 5.91 Å². The van der Waals surface area contributed by atoms with Gasteiger partial charge in [0.05, 0.1) is 17.0 Å². The Bertz CT molecular complexity index is 843. The van der Waals surface area contributed by atoms with Gasteiger partial charge in [-0.05, 0) is 12.8 Å². The fraction of sp³-hybridized carbons (Fsp3) is 0.176. The van der Waals surface area contributed by atoms with Crippen molar-refractivity contribution >= 4 is 22.4 Å². The summed E-state index contributed by atoms with van der Waals surface area (Å²) in [6.07, 6.45) is 5.39. The highest BCUT2D eigenvalue weighted by atomic mass is 32.1. The first-order valence-corrected chi connectivity index (χ1v) is 8.31. The number of nitrogens with one attached hydrogen (secondary N) is 1. The molecular weight excluding hydrogens is 308 g/mol. The summed E-state index contributed by atoms with van der Waals surface area (Å²) in [4.78, 5) is 25.3. The molecule has 0 saturated heterocycles. The molecule has 4 rings (SSSR count). The fourth-order valence-electron chi connectivity index (χ4n) is 2.40. The minimum atomic E-state index is -0.235. The molecule has 1 fully saturated rings. The van der Waals surface area contributed by atoms with Crippen molar-refractivity contribution in [2.24, 2.45) is 0 Å². The van der Waals surface area contributed by atoms with Crippen LogP contribution in [-0.4, -0.2) is 20.9 Å². The number of anilines is 1. The third-order valence-electron chi connectivity index (χ3n) is 3.74. The summed E-state index contributed by atoms with van der Waals surface area (Å²) in [5, 5.41) is 5.51. The maximum Gasteiger partial charge on any atom is 0.261 e. The van der Waals surface area contributed by atoms with Crippen molar-refractivity contribution in [2.45, 2.75) is 18.8 Å². The quantitative estimate of drug-likeness (QED) is 0.794. The highest BCUT2D eigenvalue weighted by Crippen LogP contribution is 2.40. The molecule has 0 aliphatic heterocycles. The number of hydrogen-bond donors (Lipinski definition) is 1. The van der Waals surface area contributed by atoms with Crippen LogP contribution in [0.15, 0.2) is 48.2 Å². The normalized spacial score (nSPS) is 13.7. The lowest BCUT2D eigenvalue weighted by molar-refractivity contribution is 0.102. The number of carbonyl (C=O) groups is 1. The highest BCUT2D eigenvalue weighted by molar-refractivity contribution is 7.14. The van der Waals surface area contributed by atoms with Crippen LogP contribution in [0.1, 0.15) is 34.8 Å². The lowest BCUT2D eigenvalue weighted by Gasteiger charge is -2.07. The Labute approximate surface area is 137 Å². The van der Waals surface area contributed by atoms with E-state index in [1.165, 1.54) is 30.5 Å². The molecule has 1 aliphatic rings. The number of aromatic nitrogens is 3. The zero-order valence-corrected chi connectivity index (χ0v) is 13.1. The van der Waals surface area contributed by atoms with E-state index < -0.39 is 0 Å². The SMILES string of the molecule is O=C(Nc1nc(C2CC2)cs1)c1cncnc1-c1ccccc1. The van der Waals surface area contributed by atoms with Crippen LogP contribution in [0, 0.1) is 0 Å². The van der Waals surface area contributed by atoms with E-state index in [9.17, 15) is 4.79 Å². The maximum atomic E-state index is 12.6. The van der Waals surface area contributed by atoms with Gasteiger partial charge in [0.15, 0.2) is 5.13 Å².